The second kappa shape index (κ2) is 9.12. The Hall–Kier alpha value is -1.22. The zero-order valence-corrected chi connectivity index (χ0v) is 18.0. The van der Waals surface area contributed by atoms with E-state index in [0.29, 0.717) is 20.9 Å². The van der Waals surface area contributed by atoms with E-state index in [1.54, 1.807) is 48.9 Å². The van der Waals surface area contributed by atoms with Crippen molar-refractivity contribution in [3.8, 4) is 0 Å². The Morgan fingerprint density at radius 2 is 1.08 bits per heavy atom. The number of hydrogen-bond donors (Lipinski definition) is 0. The summed E-state index contributed by atoms with van der Waals surface area (Å²) in [6.07, 6.45) is 3.14. The van der Waals surface area contributed by atoms with Crippen LogP contribution in [0.2, 0.25) is 0 Å². The van der Waals surface area contributed by atoms with E-state index in [9.17, 15) is 18.0 Å². The van der Waals surface area contributed by atoms with E-state index >= 15 is 0 Å². The number of carbonyl (C=O) groups is 2. The van der Waals surface area contributed by atoms with Crippen LogP contribution in [0, 0.1) is 0 Å². The molecule has 0 radical (unpaired) electrons. The molecule has 8 heteroatoms. The molecule has 2 aromatic rings. The highest BCUT2D eigenvalue weighted by atomic mass is 33.1. The summed E-state index contributed by atoms with van der Waals surface area (Å²) in [6, 6.07) is 10.3. The van der Waals surface area contributed by atoms with Crippen LogP contribution in [0.1, 0.15) is 34.6 Å². The fourth-order valence-corrected chi connectivity index (χ4v) is 6.81. The molecular weight excluding hydrogens is 408 g/mol. The number of rotatable bonds is 7. The minimum Gasteiger partial charge on any atom is -0.295 e. The maximum absolute atomic E-state index is 12.0. The van der Waals surface area contributed by atoms with Crippen molar-refractivity contribution in [3.63, 3.8) is 0 Å². The molecule has 2 rings (SSSR count). The van der Waals surface area contributed by atoms with Gasteiger partial charge in [0.1, 0.15) is 0 Å². The van der Waals surface area contributed by atoms with Crippen LogP contribution < -0.4 is 0 Å². The lowest BCUT2D eigenvalue weighted by atomic mass is 10.1. The number of Topliss-reactive ketones (excluding diaryl/α,β-unsaturated/α-hetero) is 2. The Bertz CT molecular complexity index is 846. The molecule has 4 nitrogen and oxygen atoms in total. The van der Waals surface area contributed by atoms with E-state index < -0.39 is 21.6 Å². The predicted molar refractivity (Wildman–Crippen MR) is 109 cm³/mol. The van der Waals surface area contributed by atoms with Crippen LogP contribution >= 0.6 is 21.6 Å². The Labute approximate surface area is 165 Å². The van der Waals surface area contributed by atoms with Crippen LogP contribution in [0.5, 0.6) is 0 Å². The number of hydrogen-bond acceptors (Lipinski definition) is 6. The summed E-state index contributed by atoms with van der Waals surface area (Å²) in [4.78, 5) is 25.8. The molecule has 0 aliphatic carbocycles. The van der Waals surface area contributed by atoms with Gasteiger partial charge in [0.2, 0.25) is 0 Å². The number of carbonyl (C=O) groups excluding carboxylic acids is 2. The van der Waals surface area contributed by atoms with Gasteiger partial charge in [0, 0.05) is 33.4 Å². The monoisotopic (exact) mass is 426 g/mol. The Morgan fingerprint density at radius 3 is 1.35 bits per heavy atom. The first-order chi connectivity index (χ1) is 12.2. The first-order valence-corrected chi connectivity index (χ1v) is 12.8. The first-order valence-electron chi connectivity index (χ1n) is 7.52. The van der Waals surface area contributed by atoms with Gasteiger partial charge in [-0.3, -0.25) is 18.0 Å². The van der Waals surface area contributed by atoms with Gasteiger partial charge < -0.3 is 0 Å². The van der Waals surface area contributed by atoms with E-state index in [2.05, 4.69) is 0 Å². The SMILES string of the molecule is CC(=O)c1ccc(SSc2ccc(C(C)=O)cc2S(C)=O)c(S(C)=O)c1. The Balaban J connectivity index is 2.34. The van der Waals surface area contributed by atoms with Gasteiger partial charge in [-0.1, -0.05) is 33.7 Å². The van der Waals surface area contributed by atoms with Gasteiger partial charge >= 0.3 is 0 Å². The molecule has 0 saturated heterocycles. The lowest BCUT2D eigenvalue weighted by molar-refractivity contribution is 0.100. The summed E-state index contributed by atoms with van der Waals surface area (Å²) in [5, 5.41) is 0. The Morgan fingerprint density at radius 1 is 0.731 bits per heavy atom. The van der Waals surface area contributed by atoms with Crippen LogP contribution in [-0.2, 0) is 21.6 Å². The maximum atomic E-state index is 12.0. The van der Waals surface area contributed by atoms with Crippen LogP contribution in [0.25, 0.3) is 0 Å². The van der Waals surface area contributed by atoms with Gasteiger partial charge in [-0.15, -0.1) is 0 Å². The fourth-order valence-electron chi connectivity index (χ4n) is 2.13. The first kappa shape index (κ1) is 21.1. The fraction of sp³-hybridized carbons (Fsp3) is 0.222. The molecule has 2 unspecified atom stereocenters. The summed E-state index contributed by atoms with van der Waals surface area (Å²) in [6.45, 7) is 2.94. The van der Waals surface area contributed by atoms with Crippen LogP contribution in [0.15, 0.2) is 56.0 Å². The van der Waals surface area contributed by atoms with Crippen LogP contribution in [-0.4, -0.2) is 32.5 Å². The summed E-state index contributed by atoms with van der Waals surface area (Å²) >= 11 is 0. The normalized spacial score (nSPS) is 13.2. The molecule has 0 bridgehead atoms. The summed E-state index contributed by atoms with van der Waals surface area (Å²) in [5.41, 5.74) is 1.04. The highest BCUT2D eigenvalue weighted by molar-refractivity contribution is 8.76. The highest BCUT2D eigenvalue weighted by Crippen LogP contribution is 2.42. The highest BCUT2D eigenvalue weighted by Gasteiger charge is 2.14. The largest absolute Gasteiger partial charge is 0.295 e. The molecule has 0 N–H and O–H groups in total. The minimum atomic E-state index is -1.24. The molecule has 2 aromatic carbocycles. The molecule has 138 valence electrons. The lowest BCUT2D eigenvalue weighted by Crippen LogP contribution is -1.98. The van der Waals surface area contributed by atoms with Gasteiger partial charge in [0.05, 0.1) is 31.4 Å². The molecule has 0 aromatic heterocycles. The predicted octanol–water partition coefficient (Wildman–Crippen LogP) is 4.37. The van der Waals surface area contributed by atoms with Crippen molar-refractivity contribution in [2.24, 2.45) is 0 Å². The van der Waals surface area contributed by atoms with Gasteiger partial charge in [0.25, 0.3) is 0 Å². The van der Waals surface area contributed by atoms with E-state index in [1.807, 2.05) is 0 Å². The summed E-state index contributed by atoms with van der Waals surface area (Å²) < 4.78 is 24.1. The molecular formula is C18H18O4S4. The van der Waals surface area contributed by atoms with Crippen molar-refractivity contribution in [1.82, 2.24) is 0 Å². The van der Waals surface area contributed by atoms with Gasteiger partial charge in [-0.25, -0.2) is 0 Å². The Kier molecular flexibility index (Phi) is 7.40. The van der Waals surface area contributed by atoms with E-state index in [1.165, 1.54) is 35.4 Å². The zero-order valence-electron chi connectivity index (χ0n) is 14.7. The number of benzene rings is 2. The minimum absolute atomic E-state index is 0.0793. The summed E-state index contributed by atoms with van der Waals surface area (Å²) in [5.74, 6) is -0.159. The van der Waals surface area contributed by atoms with Crippen molar-refractivity contribution < 1.29 is 18.0 Å². The van der Waals surface area contributed by atoms with Crippen LogP contribution in [0.4, 0.5) is 0 Å². The molecule has 0 saturated carbocycles. The third-order valence-corrected chi connectivity index (χ3v) is 8.20. The number of ketones is 2. The van der Waals surface area contributed by atoms with E-state index in [-0.39, 0.29) is 11.6 Å². The van der Waals surface area contributed by atoms with E-state index in [4.69, 9.17) is 0 Å². The molecule has 0 aliphatic rings. The summed E-state index contributed by atoms with van der Waals surface area (Å²) in [7, 11) is 0.295. The lowest BCUT2D eigenvalue weighted by Gasteiger charge is -2.11. The van der Waals surface area contributed by atoms with Crippen molar-refractivity contribution in [2.75, 3.05) is 12.5 Å². The van der Waals surface area contributed by atoms with Gasteiger partial charge in [-0.05, 0) is 38.1 Å². The second-order valence-electron chi connectivity index (χ2n) is 5.51. The van der Waals surface area contributed by atoms with Gasteiger partial charge in [0.15, 0.2) is 11.6 Å². The average Bonchev–Trinajstić information content (AvgIpc) is 2.59. The average molecular weight is 427 g/mol. The molecule has 26 heavy (non-hydrogen) atoms. The van der Waals surface area contributed by atoms with Crippen molar-refractivity contribution in [3.05, 3.63) is 47.5 Å². The molecule has 0 fully saturated rings. The molecule has 0 spiro atoms. The second-order valence-corrected chi connectivity index (χ2v) is 10.4. The maximum Gasteiger partial charge on any atom is 0.159 e. The third-order valence-electron chi connectivity index (χ3n) is 3.54. The van der Waals surface area contributed by atoms with Crippen molar-refractivity contribution in [1.29, 1.82) is 0 Å². The zero-order chi connectivity index (χ0) is 19.4. The standard InChI is InChI=1S/C18H18O4S4/c1-11(19)13-5-7-15(17(9-13)25(3)21)23-24-16-8-6-14(12(2)20)10-18(16)26(4)22/h5-10H,1-4H3. The molecule has 0 amide bonds. The third kappa shape index (κ3) is 5.16. The van der Waals surface area contributed by atoms with Crippen LogP contribution in [0.3, 0.4) is 0 Å². The van der Waals surface area contributed by atoms with Crippen molar-refractivity contribution >= 4 is 54.8 Å². The quantitative estimate of drug-likeness (QED) is 0.484. The molecule has 0 heterocycles. The van der Waals surface area contributed by atoms with Gasteiger partial charge in [-0.2, -0.15) is 0 Å². The van der Waals surface area contributed by atoms with E-state index in [0.717, 1.165) is 9.79 Å². The topological polar surface area (TPSA) is 68.3 Å². The molecule has 2 atom stereocenters. The smallest absolute Gasteiger partial charge is 0.159 e. The van der Waals surface area contributed by atoms with Crippen molar-refractivity contribution in [2.45, 2.75) is 33.4 Å². The molecule has 0 aliphatic heterocycles.